The average molecular weight is 300 g/mol. The van der Waals surface area contributed by atoms with Crippen molar-refractivity contribution in [3.05, 3.63) is 83.9 Å². The molecule has 1 N–H and O–H groups in total. The van der Waals surface area contributed by atoms with Crippen molar-refractivity contribution in [3.63, 3.8) is 0 Å². The molecule has 3 aromatic rings. The highest BCUT2D eigenvalue weighted by atomic mass is 16.4. The Labute approximate surface area is 133 Å². The van der Waals surface area contributed by atoms with Gasteiger partial charge in [-0.15, -0.1) is 0 Å². The molecule has 0 bridgehead atoms. The standard InChI is InChI=1S/C19H12N2O2/c22-19(23)17-8-4-7-15(10-9-14-5-2-1-3-6-14)18(17)16-11-20-13-21-12-16/h1-8,11-13H,(H,22,23). The highest BCUT2D eigenvalue weighted by Crippen LogP contribution is 2.26. The van der Waals surface area contributed by atoms with Crippen LogP contribution in [0.5, 0.6) is 0 Å². The van der Waals surface area contributed by atoms with E-state index in [0.717, 1.165) is 5.56 Å². The Bertz CT molecular complexity index is 895. The molecule has 2 aromatic carbocycles. The Morgan fingerprint density at radius 1 is 0.913 bits per heavy atom. The number of benzene rings is 2. The molecule has 4 heteroatoms. The summed E-state index contributed by atoms with van der Waals surface area (Å²) in [7, 11) is 0. The van der Waals surface area contributed by atoms with Crippen molar-refractivity contribution in [2.75, 3.05) is 0 Å². The zero-order chi connectivity index (χ0) is 16.1. The number of carboxylic acid groups (broad SMARTS) is 1. The topological polar surface area (TPSA) is 63.1 Å². The van der Waals surface area contributed by atoms with Crippen LogP contribution in [-0.4, -0.2) is 21.0 Å². The van der Waals surface area contributed by atoms with Crippen LogP contribution in [-0.2, 0) is 0 Å². The number of aromatic nitrogens is 2. The van der Waals surface area contributed by atoms with Crippen LogP contribution in [0.3, 0.4) is 0 Å². The number of carboxylic acids is 1. The van der Waals surface area contributed by atoms with E-state index in [9.17, 15) is 9.90 Å². The maximum Gasteiger partial charge on any atom is 0.336 e. The normalized spacial score (nSPS) is 9.74. The van der Waals surface area contributed by atoms with E-state index in [2.05, 4.69) is 21.8 Å². The molecule has 0 saturated carbocycles. The van der Waals surface area contributed by atoms with E-state index in [1.54, 1.807) is 30.6 Å². The van der Waals surface area contributed by atoms with Crippen LogP contribution in [0.4, 0.5) is 0 Å². The SMILES string of the molecule is O=C(O)c1cccc(C#Cc2ccccc2)c1-c1cncnc1. The molecule has 1 heterocycles. The van der Waals surface area contributed by atoms with Crippen molar-refractivity contribution >= 4 is 5.97 Å². The lowest BCUT2D eigenvalue weighted by molar-refractivity contribution is 0.0697. The van der Waals surface area contributed by atoms with Gasteiger partial charge in [0.2, 0.25) is 0 Å². The molecule has 0 fully saturated rings. The summed E-state index contributed by atoms with van der Waals surface area (Å²) in [5.41, 5.74) is 2.83. The molecule has 0 aliphatic rings. The fourth-order valence-electron chi connectivity index (χ4n) is 2.23. The highest BCUT2D eigenvalue weighted by Gasteiger charge is 2.15. The zero-order valence-corrected chi connectivity index (χ0v) is 12.1. The van der Waals surface area contributed by atoms with Gasteiger partial charge in [0.05, 0.1) is 5.56 Å². The molecule has 0 aliphatic carbocycles. The second-order valence-corrected chi connectivity index (χ2v) is 4.78. The number of hydrogen-bond donors (Lipinski definition) is 1. The summed E-state index contributed by atoms with van der Waals surface area (Å²) in [6, 6.07) is 14.6. The van der Waals surface area contributed by atoms with Gasteiger partial charge in [-0.1, -0.05) is 36.1 Å². The van der Waals surface area contributed by atoms with Crippen molar-refractivity contribution in [1.29, 1.82) is 0 Å². The Morgan fingerprint density at radius 2 is 1.65 bits per heavy atom. The van der Waals surface area contributed by atoms with Gasteiger partial charge in [0.1, 0.15) is 6.33 Å². The number of carbonyl (C=O) groups is 1. The van der Waals surface area contributed by atoms with Gasteiger partial charge in [-0.2, -0.15) is 0 Å². The lowest BCUT2D eigenvalue weighted by Gasteiger charge is -2.08. The van der Waals surface area contributed by atoms with Gasteiger partial charge in [0, 0.05) is 34.6 Å². The molecule has 3 rings (SSSR count). The minimum absolute atomic E-state index is 0.180. The number of aromatic carboxylic acids is 1. The fraction of sp³-hybridized carbons (Fsp3) is 0. The molecular weight excluding hydrogens is 288 g/mol. The molecule has 0 aliphatic heterocycles. The largest absolute Gasteiger partial charge is 0.478 e. The molecule has 110 valence electrons. The van der Waals surface area contributed by atoms with Crippen LogP contribution in [0.25, 0.3) is 11.1 Å². The molecule has 23 heavy (non-hydrogen) atoms. The first kappa shape index (κ1) is 14.5. The second-order valence-electron chi connectivity index (χ2n) is 4.78. The second kappa shape index (κ2) is 6.54. The van der Waals surface area contributed by atoms with E-state index >= 15 is 0 Å². The number of rotatable bonds is 2. The summed E-state index contributed by atoms with van der Waals surface area (Å²) in [5.74, 6) is 5.10. The summed E-state index contributed by atoms with van der Waals surface area (Å²) in [4.78, 5) is 19.5. The molecular formula is C19H12N2O2. The van der Waals surface area contributed by atoms with Crippen molar-refractivity contribution in [2.24, 2.45) is 0 Å². The lowest BCUT2D eigenvalue weighted by atomic mass is 9.96. The first-order chi connectivity index (χ1) is 11.3. The Morgan fingerprint density at radius 3 is 2.35 bits per heavy atom. The molecule has 0 unspecified atom stereocenters. The highest BCUT2D eigenvalue weighted by molar-refractivity contribution is 5.97. The Balaban J connectivity index is 2.16. The van der Waals surface area contributed by atoms with Crippen LogP contribution in [0.2, 0.25) is 0 Å². The van der Waals surface area contributed by atoms with Crippen molar-refractivity contribution in [1.82, 2.24) is 9.97 Å². The Kier molecular flexibility index (Phi) is 4.12. The van der Waals surface area contributed by atoms with Gasteiger partial charge in [0.25, 0.3) is 0 Å². The van der Waals surface area contributed by atoms with Crippen LogP contribution in [0.1, 0.15) is 21.5 Å². The molecule has 0 atom stereocenters. The first-order valence-corrected chi connectivity index (χ1v) is 6.94. The molecule has 0 saturated heterocycles. The zero-order valence-electron chi connectivity index (χ0n) is 12.1. The fourth-order valence-corrected chi connectivity index (χ4v) is 2.23. The average Bonchev–Trinajstić information content (AvgIpc) is 2.61. The van der Waals surface area contributed by atoms with Gasteiger partial charge < -0.3 is 5.11 Å². The van der Waals surface area contributed by atoms with E-state index in [4.69, 9.17) is 0 Å². The van der Waals surface area contributed by atoms with E-state index in [1.165, 1.54) is 6.33 Å². The van der Waals surface area contributed by atoms with Crippen LogP contribution in [0.15, 0.2) is 67.3 Å². The molecule has 1 aromatic heterocycles. The third kappa shape index (κ3) is 3.25. The van der Waals surface area contributed by atoms with E-state index in [-0.39, 0.29) is 5.56 Å². The summed E-state index contributed by atoms with van der Waals surface area (Å²) in [6.45, 7) is 0. The van der Waals surface area contributed by atoms with E-state index in [1.807, 2.05) is 30.3 Å². The van der Waals surface area contributed by atoms with Crippen molar-refractivity contribution < 1.29 is 9.90 Å². The van der Waals surface area contributed by atoms with Crippen LogP contribution < -0.4 is 0 Å². The van der Waals surface area contributed by atoms with Crippen molar-refractivity contribution in [3.8, 4) is 23.0 Å². The molecule has 0 radical (unpaired) electrons. The third-order valence-electron chi connectivity index (χ3n) is 3.26. The van der Waals surface area contributed by atoms with E-state index < -0.39 is 5.97 Å². The van der Waals surface area contributed by atoms with Gasteiger partial charge in [-0.3, -0.25) is 0 Å². The monoisotopic (exact) mass is 300 g/mol. The van der Waals surface area contributed by atoms with Gasteiger partial charge in [-0.05, 0) is 24.3 Å². The lowest BCUT2D eigenvalue weighted by Crippen LogP contribution is -2.02. The van der Waals surface area contributed by atoms with Crippen LogP contribution >= 0.6 is 0 Å². The maximum absolute atomic E-state index is 11.5. The quantitative estimate of drug-likeness (QED) is 0.738. The van der Waals surface area contributed by atoms with Gasteiger partial charge in [-0.25, -0.2) is 14.8 Å². The molecule has 0 spiro atoms. The smallest absolute Gasteiger partial charge is 0.336 e. The minimum atomic E-state index is -1.01. The Hall–Kier alpha value is -3.45. The van der Waals surface area contributed by atoms with Crippen molar-refractivity contribution in [2.45, 2.75) is 0 Å². The predicted octanol–water partition coefficient (Wildman–Crippen LogP) is 3.24. The van der Waals surface area contributed by atoms with Crippen LogP contribution in [0, 0.1) is 11.8 Å². The first-order valence-electron chi connectivity index (χ1n) is 6.94. The van der Waals surface area contributed by atoms with E-state index in [0.29, 0.717) is 16.7 Å². The summed E-state index contributed by atoms with van der Waals surface area (Å²) in [6.07, 6.45) is 4.58. The van der Waals surface area contributed by atoms with Gasteiger partial charge in [0.15, 0.2) is 0 Å². The molecule has 0 amide bonds. The third-order valence-corrected chi connectivity index (χ3v) is 3.26. The summed E-state index contributed by atoms with van der Waals surface area (Å²) < 4.78 is 0. The minimum Gasteiger partial charge on any atom is -0.478 e. The summed E-state index contributed by atoms with van der Waals surface area (Å²) in [5, 5.41) is 9.45. The predicted molar refractivity (Wildman–Crippen MR) is 86.8 cm³/mol. The maximum atomic E-state index is 11.5. The number of hydrogen-bond acceptors (Lipinski definition) is 3. The molecule has 4 nitrogen and oxygen atoms in total. The summed E-state index contributed by atoms with van der Waals surface area (Å²) >= 11 is 0. The van der Waals surface area contributed by atoms with Gasteiger partial charge >= 0.3 is 5.97 Å². The number of nitrogens with zero attached hydrogens (tertiary/aromatic N) is 2.